The number of fused-ring (bicyclic) bond motifs is 1. The predicted molar refractivity (Wildman–Crippen MR) is 88.5 cm³/mol. The third-order valence-corrected chi connectivity index (χ3v) is 4.07. The minimum absolute atomic E-state index is 0.0767. The molecule has 23 heavy (non-hydrogen) atoms. The van der Waals surface area contributed by atoms with E-state index in [0.29, 0.717) is 13.0 Å². The van der Waals surface area contributed by atoms with Gasteiger partial charge in [-0.3, -0.25) is 4.79 Å². The van der Waals surface area contributed by atoms with Crippen molar-refractivity contribution in [3.05, 3.63) is 47.4 Å². The van der Waals surface area contributed by atoms with Crippen molar-refractivity contribution in [3.63, 3.8) is 0 Å². The van der Waals surface area contributed by atoms with Crippen molar-refractivity contribution < 1.29 is 13.9 Å². The molecule has 0 aliphatic carbocycles. The van der Waals surface area contributed by atoms with Crippen LogP contribution in [0.25, 0.3) is 0 Å². The van der Waals surface area contributed by atoms with E-state index >= 15 is 0 Å². The van der Waals surface area contributed by atoms with Crippen LogP contribution in [-0.2, 0) is 11.3 Å². The molecule has 2 heterocycles. The van der Waals surface area contributed by atoms with Crippen LogP contribution in [-0.4, -0.2) is 12.0 Å². The molecule has 0 saturated carbocycles. The van der Waals surface area contributed by atoms with E-state index in [9.17, 15) is 4.79 Å². The van der Waals surface area contributed by atoms with Crippen molar-refractivity contribution in [2.24, 2.45) is 0 Å². The van der Waals surface area contributed by atoms with Gasteiger partial charge in [0.2, 0.25) is 0 Å². The van der Waals surface area contributed by atoms with Gasteiger partial charge in [0, 0.05) is 6.04 Å². The summed E-state index contributed by atoms with van der Waals surface area (Å²) in [5.41, 5.74) is 1.84. The lowest BCUT2D eigenvalue weighted by Crippen LogP contribution is -2.36. The highest BCUT2D eigenvalue weighted by atomic mass is 16.5. The zero-order valence-corrected chi connectivity index (χ0v) is 13.7. The van der Waals surface area contributed by atoms with Crippen LogP contribution in [0.5, 0.6) is 5.75 Å². The van der Waals surface area contributed by atoms with Crippen LogP contribution in [0.1, 0.15) is 43.4 Å². The fraction of sp³-hybridized carbons (Fsp3) is 0.389. The molecule has 0 radical (unpaired) electrons. The van der Waals surface area contributed by atoms with Gasteiger partial charge < -0.3 is 19.8 Å². The number of nitrogens with one attached hydrogen (secondary N) is 2. The van der Waals surface area contributed by atoms with Gasteiger partial charge in [0.15, 0.2) is 6.10 Å². The number of furan rings is 1. The monoisotopic (exact) mass is 314 g/mol. The molecule has 0 spiro atoms. The van der Waals surface area contributed by atoms with Crippen LogP contribution < -0.4 is 15.4 Å². The second-order valence-corrected chi connectivity index (χ2v) is 5.87. The van der Waals surface area contributed by atoms with Crippen molar-refractivity contribution in [2.45, 2.75) is 45.9 Å². The molecule has 1 aliphatic rings. The van der Waals surface area contributed by atoms with Crippen molar-refractivity contribution in [1.29, 1.82) is 0 Å². The summed E-state index contributed by atoms with van der Waals surface area (Å²) in [4.78, 5) is 11.8. The normalized spacial score (nSPS) is 18.0. The average Bonchev–Trinajstić information content (AvgIpc) is 2.97. The van der Waals surface area contributed by atoms with Gasteiger partial charge in [0.05, 0.1) is 12.2 Å². The molecule has 122 valence electrons. The Hall–Kier alpha value is -2.27. The summed E-state index contributed by atoms with van der Waals surface area (Å²) >= 11 is 0. The molecule has 5 heteroatoms. The van der Waals surface area contributed by atoms with Crippen molar-refractivity contribution >= 4 is 11.6 Å². The highest BCUT2D eigenvalue weighted by molar-refractivity contribution is 5.97. The maximum absolute atomic E-state index is 11.8. The average molecular weight is 314 g/mol. The van der Waals surface area contributed by atoms with Gasteiger partial charge in [-0.25, -0.2) is 0 Å². The van der Waals surface area contributed by atoms with E-state index in [0.717, 1.165) is 28.5 Å². The minimum atomic E-state index is -0.410. The van der Waals surface area contributed by atoms with Gasteiger partial charge in [0.1, 0.15) is 17.3 Å². The van der Waals surface area contributed by atoms with E-state index < -0.39 is 6.10 Å². The standard InChI is InChI=1S/C18H22N2O3/c1-4-16-18(21)20-15-8-6-13(9-17(15)23-16)12(3)19-10-14-7-5-11(2)22-14/h5-9,12,16,19H,4,10H2,1-3H3,(H,20,21)/t12-,16+/m0/s1. The molecule has 0 saturated heterocycles. The number of rotatable bonds is 5. The van der Waals surface area contributed by atoms with Gasteiger partial charge >= 0.3 is 0 Å². The fourth-order valence-corrected chi connectivity index (χ4v) is 2.65. The van der Waals surface area contributed by atoms with E-state index in [1.54, 1.807) is 0 Å². The highest BCUT2D eigenvalue weighted by Crippen LogP contribution is 2.33. The zero-order chi connectivity index (χ0) is 16.4. The first-order valence-corrected chi connectivity index (χ1v) is 7.97. The highest BCUT2D eigenvalue weighted by Gasteiger charge is 2.26. The molecule has 1 amide bonds. The molecule has 2 atom stereocenters. The number of carbonyl (C=O) groups is 1. The Morgan fingerprint density at radius 3 is 2.83 bits per heavy atom. The lowest BCUT2D eigenvalue weighted by atomic mass is 10.1. The van der Waals surface area contributed by atoms with Crippen LogP contribution >= 0.6 is 0 Å². The quantitative estimate of drug-likeness (QED) is 0.886. The summed E-state index contributed by atoms with van der Waals surface area (Å²) in [5.74, 6) is 2.49. The van der Waals surface area contributed by atoms with E-state index in [2.05, 4.69) is 17.6 Å². The van der Waals surface area contributed by atoms with Gasteiger partial charge in [-0.15, -0.1) is 0 Å². The third-order valence-electron chi connectivity index (χ3n) is 4.07. The molecule has 1 aromatic heterocycles. The molecule has 0 fully saturated rings. The van der Waals surface area contributed by atoms with E-state index in [1.807, 2.05) is 44.2 Å². The molecular weight excluding hydrogens is 292 g/mol. The molecule has 3 rings (SSSR count). The molecule has 0 bridgehead atoms. The van der Waals surface area contributed by atoms with Gasteiger partial charge in [-0.05, 0) is 50.1 Å². The SMILES string of the molecule is CC[C@H]1Oc2cc([C@H](C)NCc3ccc(C)o3)ccc2NC1=O. The number of hydrogen-bond acceptors (Lipinski definition) is 4. The lowest BCUT2D eigenvalue weighted by Gasteiger charge is -2.26. The summed E-state index contributed by atoms with van der Waals surface area (Å²) in [6, 6.07) is 9.97. The Bertz CT molecular complexity index is 708. The number of aryl methyl sites for hydroxylation is 1. The molecule has 1 aromatic carbocycles. The first-order chi connectivity index (χ1) is 11.1. The lowest BCUT2D eigenvalue weighted by molar-refractivity contribution is -0.123. The predicted octanol–water partition coefficient (Wildman–Crippen LogP) is 3.55. The van der Waals surface area contributed by atoms with Crippen LogP contribution in [0.3, 0.4) is 0 Å². The molecule has 5 nitrogen and oxygen atoms in total. The van der Waals surface area contributed by atoms with E-state index in [4.69, 9.17) is 9.15 Å². The van der Waals surface area contributed by atoms with Gasteiger partial charge in [-0.2, -0.15) is 0 Å². The number of amides is 1. The summed E-state index contributed by atoms with van der Waals surface area (Å²) in [5, 5.41) is 6.32. The van der Waals surface area contributed by atoms with Crippen LogP contribution in [0, 0.1) is 6.92 Å². The van der Waals surface area contributed by atoms with E-state index in [-0.39, 0.29) is 11.9 Å². The number of benzene rings is 1. The fourth-order valence-electron chi connectivity index (χ4n) is 2.65. The largest absolute Gasteiger partial charge is 0.478 e. The first-order valence-electron chi connectivity index (χ1n) is 7.97. The third kappa shape index (κ3) is 3.40. The summed E-state index contributed by atoms with van der Waals surface area (Å²) < 4.78 is 11.4. The Morgan fingerprint density at radius 1 is 1.30 bits per heavy atom. The van der Waals surface area contributed by atoms with Crippen molar-refractivity contribution in [1.82, 2.24) is 5.32 Å². The van der Waals surface area contributed by atoms with Crippen LogP contribution in [0.15, 0.2) is 34.7 Å². The summed E-state index contributed by atoms with van der Waals surface area (Å²) in [6.45, 7) is 6.64. The van der Waals surface area contributed by atoms with Crippen molar-refractivity contribution in [3.8, 4) is 5.75 Å². The Morgan fingerprint density at radius 2 is 2.13 bits per heavy atom. The molecular formula is C18H22N2O3. The van der Waals surface area contributed by atoms with E-state index in [1.165, 1.54) is 0 Å². The maximum atomic E-state index is 11.8. The molecule has 1 aliphatic heterocycles. The second-order valence-electron chi connectivity index (χ2n) is 5.87. The summed E-state index contributed by atoms with van der Waals surface area (Å²) in [7, 11) is 0. The van der Waals surface area contributed by atoms with Crippen LogP contribution in [0.4, 0.5) is 5.69 Å². The smallest absolute Gasteiger partial charge is 0.265 e. The van der Waals surface area contributed by atoms with Gasteiger partial charge in [-0.1, -0.05) is 13.0 Å². The number of carbonyl (C=O) groups excluding carboxylic acids is 1. The minimum Gasteiger partial charge on any atom is -0.478 e. The Labute approximate surface area is 136 Å². The Kier molecular flexibility index (Phi) is 4.39. The zero-order valence-electron chi connectivity index (χ0n) is 13.7. The van der Waals surface area contributed by atoms with Crippen molar-refractivity contribution in [2.75, 3.05) is 5.32 Å². The topological polar surface area (TPSA) is 63.5 Å². The van der Waals surface area contributed by atoms with Crippen LogP contribution in [0.2, 0.25) is 0 Å². The molecule has 0 unspecified atom stereocenters. The Balaban J connectivity index is 1.69. The number of hydrogen-bond donors (Lipinski definition) is 2. The molecule has 2 N–H and O–H groups in total. The number of anilines is 1. The van der Waals surface area contributed by atoms with Gasteiger partial charge in [0.25, 0.3) is 5.91 Å². The summed E-state index contributed by atoms with van der Waals surface area (Å²) in [6.07, 6.45) is 0.244. The number of ether oxygens (including phenoxy) is 1. The molecule has 2 aromatic rings. The first kappa shape index (κ1) is 15.6. The maximum Gasteiger partial charge on any atom is 0.265 e. The second kappa shape index (κ2) is 6.46.